The molecule has 20 heavy (non-hydrogen) atoms. The molecule has 7 heteroatoms. The molecule has 2 heterocycles. The first-order chi connectivity index (χ1) is 9.67. The van der Waals surface area contributed by atoms with Gasteiger partial charge in [-0.05, 0) is 30.2 Å². The number of hydrogen-bond donors (Lipinski definition) is 0. The topological polar surface area (TPSA) is 59.2 Å². The Labute approximate surface area is 129 Å². The van der Waals surface area contributed by atoms with Gasteiger partial charge in [-0.2, -0.15) is 0 Å². The maximum absolute atomic E-state index is 11.9. The lowest BCUT2D eigenvalue weighted by Gasteiger charge is -2.09. The van der Waals surface area contributed by atoms with Crippen LogP contribution in [0.5, 0.6) is 0 Å². The highest BCUT2D eigenvalue weighted by molar-refractivity contribution is 9.09. The molecule has 104 valence electrons. The number of alkyl halides is 1. The van der Waals surface area contributed by atoms with Gasteiger partial charge in [-0.3, -0.25) is 9.69 Å². The van der Waals surface area contributed by atoms with Gasteiger partial charge in [-0.1, -0.05) is 32.6 Å². The van der Waals surface area contributed by atoms with Gasteiger partial charge in [0.15, 0.2) is 0 Å². The Hall–Kier alpha value is -1.40. The van der Waals surface area contributed by atoms with Gasteiger partial charge in [0.1, 0.15) is 0 Å². The molecule has 1 atom stereocenters. The molecule has 1 fully saturated rings. The Kier molecular flexibility index (Phi) is 3.76. The number of aromatic nitrogens is 2. The fraction of sp³-hybridized carbons (Fsp3) is 0.308. The summed E-state index contributed by atoms with van der Waals surface area (Å²) in [5.41, 5.74) is 0.775. The second-order valence-electron chi connectivity index (χ2n) is 4.63. The number of anilines is 1. The molecule has 0 spiro atoms. The van der Waals surface area contributed by atoms with Crippen molar-refractivity contribution in [2.45, 2.75) is 6.42 Å². The van der Waals surface area contributed by atoms with Crippen LogP contribution >= 0.6 is 27.5 Å². The molecule has 1 amide bonds. The monoisotopic (exact) mass is 355 g/mol. The molecule has 1 aromatic heterocycles. The van der Waals surface area contributed by atoms with E-state index in [0.717, 1.165) is 10.9 Å². The second-order valence-corrected chi connectivity index (χ2v) is 5.71. The van der Waals surface area contributed by atoms with Gasteiger partial charge in [-0.25, -0.2) is 0 Å². The number of halogens is 2. The predicted molar refractivity (Wildman–Crippen MR) is 79.0 cm³/mol. The Morgan fingerprint density at radius 2 is 2.10 bits per heavy atom. The first-order valence-corrected chi connectivity index (χ1v) is 7.63. The quantitative estimate of drug-likeness (QED) is 0.793. The summed E-state index contributed by atoms with van der Waals surface area (Å²) in [4.78, 5) is 13.4. The highest BCUT2D eigenvalue weighted by atomic mass is 79.9. The first kappa shape index (κ1) is 13.6. The number of amides is 1. The van der Waals surface area contributed by atoms with Crippen LogP contribution in [0.1, 0.15) is 6.42 Å². The Morgan fingerprint density at radius 3 is 2.75 bits per heavy atom. The average molecular weight is 357 g/mol. The van der Waals surface area contributed by atoms with Crippen molar-refractivity contribution in [3.05, 3.63) is 29.3 Å². The maximum Gasteiger partial charge on any atom is 0.325 e. The molecule has 1 unspecified atom stereocenters. The van der Waals surface area contributed by atoms with Crippen molar-refractivity contribution in [3.8, 4) is 11.5 Å². The van der Waals surface area contributed by atoms with E-state index < -0.39 is 0 Å². The summed E-state index contributed by atoms with van der Waals surface area (Å²) in [6.45, 7) is 0.604. The van der Waals surface area contributed by atoms with Crippen molar-refractivity contribution in [2.24, 2.45) is 5.92 Å². The summed E-state index contributed by atoms with van der Waals surface area (Å²) >= 11 is 9.23. The third-order valence-corrected chi connectivity index (χ3v) is 4.33. The van der Waals surface area contributed by atoms with E-state index in [0.29, 0.717) is 23.9 Å². The lowest BCUT2D eigenvalue weighted by Crippen LogP contribution is -2.24. The fourth-order valence-electron chi connectivity index (χ4n) is 2.10. The molecular weight excluding hydrogens is 346 g/mol. The summed E-state index contributed by atoms with van der Waals surface area (Å²) in [6.07, 6.45) is 0.504. The summed E-state index contributed by atoms with van der Waals surface area (Å²) < 4.78 is 5.58. The number of benzene rings is 1. The molecule has 1 saturated heterocycles. The van der Waals surface area contributed by atoms with Crippen molar-refractivity contribution in [1.82, 2.24) is 10.2 Å². The number of rotatable bonds is 3. The molecule has 3 rings (SSSR count). The van der Waals surface area contributed by atoms with Gasteiger partial charge in [0.05, 0.1) is 0 Å². The maximum atomic E-state index is 11.9. The van der Waals surface area contributed by atoms with Crippen molar-refractivity contribution < 1.29 is 9.21 Å². The van der Waals surface area contributed by atoms with Crippen LogP contribution < -0.4 is 4.90 Å². The van der Waals surface area contributed by atoms with Crippen molar-refractivity contribution >= 4 is 39.5 Å². The van der Waals surface area contributed by atoms with Crippen LogP contribution in [0.4, 0.5) is 6.01 Å². The number of carbonyl (C=O) groups is 1. The SMILES string of the molecule is O=C1CC(CBr)CN1c1nnc(-c2ccc(Cl)cc2)o1. The molecule has 0 aliphatic carbocycles. The molecule has 1 aromatic carbocycles. The second kappa shape index (κ2) is 5.54. The molecule has 0 bridgehead atoms. The molecule has 0 N–H and O–H groups in total. The Bertz CT molecular complexity index is 629. The van der Waals surface area contributed by atoms with Crippen LogP contribution in [0.15, 0.2) is 28.7 Å². The van der Waals surface area contributed by atoms with Crippen LogP contribution in [-0.4, -0.2) is 28.0 Å². The Balaban J connectivity index is 1.83. The molecule has 1 aliphatic heterocycles. The molecule has 0 saturated carbocycles. The summed E-state index contributed by atoms with van der Waals surface area (Å²) in [5.74, 6) is 0.681. The lowest BCUT2D eigenvalue weighted by molar-refractivity contribution is -0.117. The fourth-order valence-corrected chi connectivity index (χ4v) is 2.66. The zero-order valence-electron chi connectivity index (χ0n) is 10.4. The minimum atomic E-state index is 0.0146. The molecule has 2 aromatic rings. The molecular formula is C13H11BrClN3O2. The van der Waals surface area contributed by atoms with Crippen molar-refractivity contribution in [2.75, 3.05) is 16.8 Å². The van der Waals surface area contributed by atoms with Gasteiger partial charge in [-0.15, -0.1) is 5.10 Å². The zero-order valence-corrected chi connectivity index (χ0v) is 12.8. The first-order valence-electron chi connectivity index (χ1n) is 6.13. The van der Waals surface area contributed by atoms with Gasteiger partial charge in [0, 0.05) is 28.9 Å². The van der Waals surface area contributed by atoms with Gasteiger partial charge in [0.25, 0.3) is 0 Å². The predicted octanol–water partition coefficient (Wildman–Crippen LogP) is 3.14. The van der Waals surface area contributed by atoms with Crippen LogP contribution in [-0.2, 0) is 4.79 Å². The van der Waals surface area contributed by atoms with E-state index in [4.69, 9.17) is 16.0 Å². The number of hydrogen-bond acceptors (Lipinski definition) is 4. The summed E-state index contributed by atoms with van der Waals surface area (Å²) in [6, 6.07) is 7.36. The van der Waals surface area contributed by atoms with E-state index in [-0.39, 0.29) is 17.8 Å². The highest BCUT2D eigenvalue weighted by Gasteiger charge is 2.33. The standard InChI is InChI=1S/C13H11BrClN3O2/c14-6-8-5-11(19)18(7-8)13-17-16-12(20-13)9-1-3-10(15)4-2-9/h1-4,8H,5-7H2. The minimum absolute atomic E-state index is 0.0146. The largest absolute Gasteiger partial charge is 0.403 e. The minimum Gasteiger partial charge on any atom is -0.403 e. The highest BCUT2D eigenvalue weighted by Crippen LogP contribution is 2.28. The smallest absolute Gasteiger partial charge is 0.325 e. The summed E-state index contributed by atoms with van der Waals surface area (Å²) in [5, 5.41) is 9.36. The van der Waals surface area contributed by atoms with Crippen LogP contribution in [0.2, 0.25) is 5.02 Å². The van der Waals surface area contributed by atoms with Crippen molar-refractivity contribution in [1.29, 1.82) is 0 Å². The van der Waals surface area contributed by atoms with Crippen LogP contribution in [0.25, 0.3) is 11.5 Å². The van der Waals surface area contributed by atoms with E-state index in [9.17, 15) is 4.79 Å². The van der Waals surface area contributed by atoms with Gasteiger partial charge < -0.3 is 4.42 Å². The van der Waals surface area contributed by atoms with E-state index in [1.165, 1.54) is 0 Å². The average Bonchev–Trinajstić information content (AvgIpc) is 3.06. The van der Waals surface area contributed by atoms with E-state index in [1.807, 2.05) is 0 Å². The Morgan fingerprint density at radius 1 is 1.35 bits per heavy atom. The van der Waals surface area contributed by atoms with Crippen LogP contribution in [0.3, 0.4) is 0 Å². The molecule has 0 radical (unpaired) electrons. The van der Waals surface area contributed by atoms with E-state index >= 15 is 0 Å². The molecule has 1 aliphatic rings. The van der Waals surface area contributed by atoms with Gasteiger partial charge in [0.2, 0.25) is 11.8 Å². The third kappa shape index (κ3) is 2.58. The number of nitrogens with zero attached hydrogens (tertiary/aromatic N) is 3. The zero-order chi connectivity index (χ0) is 14.1. The van der Waals surface area contributed by atoms with Gasteiger partial charge >= 0.3 is 6.01 Å². The normalized spacial score (nSPS) is 18.8. The van der Waals surface area contributed by atoms with Crippen molar-refractivity contribution in [3.63, 3.8) is 0 Å². The van der Waals surface area contributed by atoms with E-state index in [2.05, 4.69) is 26.1 Å². The number of carbonyl (C=O) groups excluding carboxylic acids is 1. The summed E-state index contributed by atoms with van der Waals surface area (Å²) in [7, 11) is 0. The third-order valence-electron chi connectivity index (χ3n) is 3.16. The van der Waals surface area contributed by atoms with Crippen LogP contribution in [0, 0.1) is 5.92 Å². The van der Waals surface area contributed by atoms with E-state index in [1.54, 1.807) is 29.2 Å². The lowest BCUT2D eigenvalue weighted by atomic mass is 10.2. The molecule has 5 nitrogen and oxygen atoms in total.